The monoisotopic (exact) mass is 351 g/mol. The van der Waals surface area contributed by atoms with Gasteiger partial charge in [0.1, 0.15) is 23.5 Å². The van der Waals surface area contributed by atoms with Crippen LogP contribution in [0.3, 0.4) is 0 Å². The molecule has 1 unspecified atom stereocenters. The maximum atomic E-state index is 8.62. The molecule has 1 saturated carbocycles. The normalized spacial score (nSPS) is 20.8. The first-order valence-electron chi connectivity index (χ1n) is 9.18. The van der Waals surface area contributed by atoms with E-state index in [2.05, 4.69) is 28.7 Å². The van der Waals surface area contributed by atoms with Gasteiger partial charge in [0.15, 0.2) is 0 Å². The van der Waals surface area contributed by atoms with Gasteiger partial charge in [-0.2, -0.15) is 0 Å². The predicted octanol–water partition coefficient (Wildman–Crippen LogP) is 3.25. The highest BCUT2D eigenvalue weighted by atomic mass is 16.5. The standard InChI is InChI=1S/C20H25N5O/c1-13-5-8-25(11-13)18-10-17(23-12-24-18)19(22)15-9-14(3-4-16(15)21)26-20(2)6-7-20/h3-4,9-10,12-13,22H,5-8,11,21H2,1-2H3. The number of hydrogen-bond acceptors (Lipinski definition) is 6. The molecule has 2 aliphatic rings. The molecule has 26 heavy (non-hydrogen) atoms. The molecule has 136 valence electrons. The van der Waals surface area contributed by atoms with Crippen LogP contribution >= 0.6 is 0 Å². The van der Waals surface area contributed by atoms with Crippen LogP contribution in [0.2, 0.25) is 0 Å². The number of rotatable bonds is 5. The summed E-state index contributed by atoms with van der Waals surface area (Å²) < 4.78 is 6.02. The van der Waals surface area contributed by atoms with Gasteiger partial charge in [0.05, 0.1) is 11.4 Å². The van der Waals surface area contributed by atoms with Crippen LogP contribution in [0.4, 0.5) is 11.5 Å². The lowest BCUT2D eigenvalue weighted by Gasteiger charge is -2.18. The summed E-state index contributed by atoms with van der Waals surface area (Å²) >= 11 is 0. The Hall–Kier alpha value is -2.63. The number of anilines is 2. The van der Waals surface area contributed by atoms with E-state index in [4.69, 9.17) is 15.9 Å². The molecule has 0 amide bonds. The highest BCUT2D eigenvalue weighted by molar-refractivity contribution is 6.13. The van der Waals surface area contributed by atoms with E-state index in [9.17, 15) is 0 Å². The minimum Gasteiger partial charge on any atom is -0.488 e. The summed E-state index contributed by atoms with van der Waals surface area (Å²) in [6.45, 7) is 6.33. The molecule has 6 heteroatoms. The van der Waals surface area contributed by atoms with Crippen LogP contribution in [0.25, 0.3) is 0 Å². The van der Waals surface area contributed by atoms with Crippen molar-refractivity contribution in [3.8, 4) is 5.75 Å². The van der Waals surface area contributed by atoms with Crippen molar-refractivity contribution in [3.63, 3.8) is 0 Å². The average molecular weight is 351 g/mol. The quantitative estimate of drug-likeness (QED) is 0.638. The average Bonchev–Trinajstić information content (AvgIpc) is 3.19. The molecule has 1 aliphatic heterocycles. The topological polar surface area (TPSA) is 88.1 Å². The molecule has 1 saturated heterocycles. The van der Waals surface area contributed by atoms with Gasteiger partial charge in [-0.15, -0.1) is 0 Å². The Bertz CT molecular complexity index is 846. The summed E-state index contributed by atoms with van der Waals surface area (Å²) in [6.07, 6.45) is 4.83. The Morgan fingerprint density at radius 1 is 1.31 bits per heavy atom. The third kappa shape index (κ3) is 3.36. The second-order valence-electron chi connectivity index (χ2n) is 7.78. The smallest absolute Gasteiger partial charge is 0.132 e. The molecule has 0 spiro atoms. The van der Waals surface area contributed by atoms with E-state index in [1.54, 1.807) is 6.07 Å². The summed E-state index contributed by atoms with van der Waals surface area (Å²) in [7, 11) is 0. The number of nitrogens with two attached hydrogens (primary N) is 1. The van der Waals surface area contributed by atoms with Crippen LogP contribution in [0.5, 0.6) is 5.75 Å². The largest absolute Gasteiger partial charge is 0.488 e. The molecular weight excluding hydrogens is 326 g/mol. The summed E-state index contributed by atoms with van der Waals surface area (Å²) in [5.41, 5.74) is 8.14. The van der Waals surface area contributed by atoms with Crippen LogP contribution in [0, 0.1) is 11.3 Å². The van der Waals surface area contributed by atoms with Gasteiger partial charge in [0, 0.05) is 30.4 Å². The van der Waals surface area contributed by atoms with E-state index in [-0.39, 0.29) is 5.60 Å². The SMILES string of the molecule is CC1CCN(c2cc(C(=N)c3cc(OC4(C)CC4)ccc3N)ncn2)C1. The van der Waals surface area contributed by atoms with Crippen LogP contribution in [0.15, 0.2) is 30.6 Å². The first-order chi connectivity index (χ1) is 12.4. The minimum atomic E-state index is -0.0654. The number of nitrogens with one attached hydrogen (secondary N) is 1. The number of hydrogen-bond donors (Lipinski definition) is 2. The fraction of sp³-hybridized carbons (Fsp3) is 0.450. The first kappa shape index (κ1) is 16.8. The lowest BCUT2D eigenvalue weighted by atomic mass is 10.0. The fourth-order valence-electron chi connectivity index (χ4n) is 3.32. The van der Waals surface area contributed by atoms with Crippen molar-refractivity contribution in [1.29, 1.82) is 5.41 Å². The van der Waals surface area contributed by atoms with Crippen molar-refractivity contribution in [2.45, 2.75) is 38.7 Å². The van der Waals surface area contributed by atoms with Crippen molar-refractivity contribution in [2.24, 2.45) is 5.92 Å². The Labute approximate surface area is 153 Å². The number of nitrogen functional groups attached to an aromatic ring is 1. The van der Waals surface area contributed by atoms with Gasteiger partial charge in [-0.3, -0.25) is 5.41 Å². The minimum absolute atomic E-state index is 0.0654. The van der Waals surface area contributed by atoms with Crippen LogP contribution in [-0.2, 0) is 0 Å². The molecule has 1 aromatic carbocycles. The van der Waals surface area contributed by atoms with Gasteiger partial charge in [-0.1, -0.05) is 6.92 Å². The molecule has 2 heterocycles. The van der Waals surface area contributed by atoms with E-state index in [1.165, 1.54) is 12.7 Å². The highest BCUT2D eigenvalue weighted by Crippen LogP contribution is 2.40. The van der Waals surface area contributed by atoms with E-state index < -0.39 is 0 Å². The Kier molecular flexibility index (Phi) is 4.05. The molecule has 1 aromatic heterocycles. The molecule has 1 atom stereocenters. The lowest BCUT2D eigenvalue weighted by Crippen LogP contribution is -2.21. The zero-order chi connectivity index (χ0) is 18.3. The van der Waals surface area contributed by atoms with E-state index in [0.717, 1.165) is 37.5 Å². The summed E-state index contributed by atoms with van der Waals surface area (Å²) in [6, 6.07) is 7.40. The van der Waals surface area contributed by atoms with E-state index >= 15 is 0 Å². The van der Waals surface area contributed by atoms with Gasteiger partial charge in [0.2, 0.25) is 0 Å². The number of nitrogens with zero attached hydrogens (tertiary/aromatic N) is 3. The molecule has 4 rings (SSSR count). The number of ether oxygens (including phenoxy) is 1. The van der Waals surface area contributed by atoms with Crippen LogP contribution < -0.4 is 15.4 Å². The van der Waals surface area contributed by atoms with Crippen molar-refractivity contribution in [1.82, 2.24) is 9.97 Å². The van der Waals surface area contributed by atoms with Crippen LogP contribution in [0.1, 0.15) is 44.4 Å². The third-order valence-corrected chi connectivity index (χ3v) is 5.27. The summed E-state index contributed by atoms with van der Waals surface area (Å²) in [4.78, 5) is 10.9. The van der Waals surface area contributed by atoms with Gasteiger partial charge < -0.3 is 15.4 Å². The summed E-state index contributed by atoms with van der Waals surface area (Å²) in [5, 5.41) is 8.62. The van der Waals surface area contributed by atoms with E-state index in [0.29, 0.717) is 28.6 Å². The zero-order valence-corrected chi connectivity index (χ0v) is 15.3. The second-order valence-corrected chi connectivity index (χ2v) is 7.78. The van der Waals surface area contributed by atoms with Gasteiger partial charge in [0.25, 0.3) is 0 Å². The molecule has 1 aliphatic carbocycles. The van der Waals surface area contributed by atoms with Crippen molar-refractivity contribution in [3.05, 3.63) is 41.9 Å². The number of benzene rings is 1. The third-order valence-electron chi connectivity index (χ3n) is 5.27. The maximum absolute atomic E-state index is 8.62. The first-order valence-corrected chi connectivity index (χ1v) is 9.18. The van der Waals surface area contributed by atoms with Crippen molar-refractivity contribution in [2.75, 3.05) is 23.7 Å². The molecular formula is C20H25N5O. The van der Waals surface area contributed by atoms with Gasteiger partial charge in [-0.25, -0.2) is 9.97 Å². The molecule has 0 bridgehead atoms. The van der Waals surface area contributed by atoms with Gasteiger partial charge in [-0.05, 0) is 50.3 Å². The van der Waals surface area contributed by atoms with Gasteiger partial charge >= 0.3 is 0 Å². The molecule has 3 N–H and O–H groups in total. The Morgan fingerprint density at radius 3 is 2.81 bits per heavy atom. The highest BCUT2D eigenvalue weighted by Gasteiger charge is 2.40. The zero-order valence-electron chi connectivity index (χ0n) is 15.3. The summed E-state index contributed by atoms with van der Waals surface area (Å²) in [5.74, 6) is 2.29. The van der Waals surface area contributed by atoms with Crippen molar-refractivity contribution >= 4 is 17.2 Å². The van der Waals surface area contributed by atoms with Crippen LogP contribution in [-0.4, -0.2) is 34.4 Å². The Balaban J connectivity index is 1.60. The fourth-order valence-corrected chi connectivity index (χ4v) is 3.32. The lowest BCUT2D eigenvalue weighted by molar-refractivity contribution is 0.200. The molecule has 6 nitrogen and oxygen atoms in total. The number of aromatic nitrogens is 2. The van der Waals surface area contributed by atoms with E-state index in [1.807, 2.05) is 18.2 Å². The molecule has 2 aromatic rings. The Morgan fingerprint density at radius 2 is 2.12 bits per heavy atom. The maximum Gasteiger partial charge on any atom is 0.132 e. The molecule has 0 radical (unpaired) electrons. The molecule has 2 fully saturated rings. The predicted molar refractivity (Wildman–Crippen MR) is 103 cm³/mol. The second kappa shape index (κ2) is 6.27. The van der Waals surface area contributed by atoms with Crippen molar-refractivity contribution < 1.29 is 4.74 Å².